The molecule has 15 aromatic rings. The van der Waals surface area contributed by atoms with Gasteiger partial charge in [-0.15, -0.1) is 0 Å². The van der Waals surface area contributed by atoms with E-state index in [0.29, 0.717) is 0 Å². The summed E-state index contributed by atoms with van der Waals surface area (Å²) in [6, 6.07) is 108. The minimum Gasteiger partial charge on any atom is -0.455 e. The quantitative estimate of drug-likeness (QED) is 0.172. The van der Waals surface area contributed by atoms with Crippen molar-refractivity contribution in [1.82, 2.24) is 9.55 Å². The van der Waals surface area contributed by atoms with Gasteiger partial charge in [0.05, 0.1) is 21.9 Å². The third-order valence-corrected chi connectivity index (χ3v) is 19.3. The first kappa shape index (κ1) is 45.8. The van der Waals surface area contributed by atoms with Crippen LogP contribution in [0.3, 0.4) is 0 Å². The van der Waals surface area contributed by atoms with E-state index < -0.39 is 10.8 Å². The number of rotatable bonds is 5. The van der Waals surface area contributed by atoms with Crippen LogP contribution in [0.5, 0.6) is 0 Å². The summed E-state index contributed by atoms with van der Waals surface area (Å²) in [4.78, 5) is 5.24. The number of benzene rings is 13. The molecule has 4 aliphatic carbocycles. The maximum atomic E-state index is 7.18. The molecule has 2 heterocycles. The van der Waals surface area contributed by atoms with Crippen LogP contribution in [0.2, 0.25) is 0 Å². The Morgan fingerprint density at radius 3 is 1.19 bits per heavy atom. The lowest BCUT2D eigenvalue weighted by molar-refractivity contribution is 0.670. The SMILES string of the molecule is c1ccc(-n2c(-c3ccc(-c4cc(-c5ccc6c(c5)C5(c7ccccc7-c7ccccc75)c5ccccc5-6)cc5c4oc4ccc(-c6ccc7c(c6)C6(c8ccccc8-c8ccccc86)c6ccccc6-7)cc45)cc3)nc3ccccc32)cc1. The molecule has 2 spiro atoms. The lowest BCUT2D eigenvalue weighted by Gasteiger charge is -2.30. The van der Waals surface area contributed by atoms with Crippen molar-refractivity contribution in [3.05, 3.63) is 336 Å². The van der Waals surface area contributed by atoms with Gasteiger partial charge in [0.2, 0.25) is 0 Å². The van der Waals surface area contributed by atoms with Gasteiger partial charge >= 0.3 is 0 Å². The first-order valence-corrected chi connectivity index (χ1v) is 29.2. The fraction of sp³-hybridized carbons (Fsp3) is 0.0247. The number of hydrogen-bond acceptors (Lipinski definition) is 2. The summed E-state index contributed by atoms with van der Waals surface area (Å²) in [6.07, 6.45) is 0. The Bertz CT molecular complexity index is 5200. The summed E-state index contributed by atoms with van der Waals surface area (Å²) >= 11 is 0. The van der Waals surface area contributed by atoms with E-state index in [1.54, 1.807) is 0 Å². The van der Waals surface area contributed by atoms with Gasteiger partial charge in [0.25, 0.3) is 0 Å². The first-order valence-electron chi connectivity index (χ1n) is 29.2. The molecule has 0 N–H and O–H groups in total. The minimum atomic E-state index is -0.468. The second-order valence-corrected chi connectivity index (χ2v) is 23.2. The number of aromatic nitrogens is 2. The Labute approximate surface area is 485 Å². The minimum absolute atomic E-state index is 0.437. The molecule has 0 aliphatic heterocycles. The number of imidazole rings is 1. The second kappa shape index (κ2) is 16.9. The lowest BCUT2D eigenvalue weighted by atomic mass is 9.70. The molecule has 84 heavy (non-hydrogen) atoms. The molecule has 0 saturated carbocycles. The fourth-order valence-corrected chi connectivity index (χ4v) is 15.8. The van der Waals surface area contributed by atoms with Crippen molar-refractivity contribution >= 4 is 33.0 Å². The van der Waals surface area contributed by atoms with Gasteiger partial charge in [-0.3, -0.25) is 4.57 Å². The van der Waals surface area contributed by atoms with Crippen molar-refractivity contribution in [1.29, 1.82) is 0 Å². The van der Waals surface area contributed by atoms with Crippen LogP contribution >= 0.6 is 0 Å². The molecule has 0 atom stereocenters. The van der Waals surface area contributed by atoms with E-state index in [2.05, 4.69) is 296 Å². The molecule has 0 unspecified atom stereocenters. The Morgan fingerprint density at radius 1 is 0.274 bits per heavy atom. The zero-order valence-corrected chi connectivity index (χ0v) is 45.5. The summed E-state index contributed by atoms with van der Waals surface area (Å²) in [5.74, 6) is 0.898. The predicted octanol–water partition coefficient (Wildman–Crippen LogP) is 20.3. The highest BCUT2D eigenvalue weighted by atomic mass is 16.3. The van der Waals surface area contributed by atoms with Crippen LogP contribution in [0, 0.1) is 0 Å². The van der Waals surface area contributed by atoms with Crippen molar-refractivity contribution in [2.45, 2.75) is 10.8 Å². The Kier molecular flexibility index (Phi) is 9.19. The average Bonchev–Trinajstić information content (AvgIpc) is 1.62. The number of hydrogen-bond donors (Lipinski definition) is 0. The van der Waals surface area contributed by atoms with Gasteiger partial charge in [0, 0.05) is 27.6 Å². The monoisotopic (exact) mass is 1060 g/mol. The van der Waals surface area contributed by atoms with Crippen molar-refractivity contribution in [3.63, 3.8) is 0 Å². The molecule has 0 amide bonds. The maximum absolute atomic E-state index is 7.18. The Balaban J connectivity index is 0.819. The normalized spacial score (nSPS) is 13.9. The molecule has 3 nitrogen and oxygen atoms in total. The molecule has 0 saturated heterocycles. The van der Waals surface area contributed by atoms with E-state index in [4.69, 9.17) is 9.40 Å². The van der Waals surface area contributed by atoms with Crippen LogP contribution in [-0.4, -0.2) is 9.55 Å². The van der Waals surface area contributed by atoms with E-state index in [-0.39, 0.29) is 0 Å². The fourth-order valence-electron chi connectivity index (χ4n) is 15.8. The van der Waals surface area contributed by atoms with E-state index >= 15 is 0 Å². The van der Waals surface area contributed by atoms with Crippen LogP contribution in [0.15, 0.2) is 296 Å². The molecular weight excluding hydrogens is 1020 g/mol. The molecule has 4 aliphatic rings. The van der Waals surface area contributed by atoms with Gasteiger partial charge in [0.1, 0.15) is 17.0 Å². The van der Waals surface area contributed by atoms with E-state index in [1.165, 1.54) is 94.6 Å². The largest absolute Gasteiger partial charge is 0.455 e. The highest BCUT2D eigenvalue weighted by molar-refractivity contribution is 6.13. The standard InChI is InChI=1S/C81H48N2O/c1-2-18-55(19-3-1)83-76-33-17-16-32-75(76)82-79(83)50-36-34-49(35-37-50)64-45-54(53-39-42-63-61-25-9-15-31-72(61)81(74(63)48-53)69-28-12-6-22-58(69)59-23-7-13-29-70(59)81)46-66-65-44-51(40-43-77(65)84-78(64)66)52-38-41-62-60-24-8-14-30-71(60)80(73(62)47-52)67-26-10-4-20-56(67)57-21-5-11-27-68(57)80/h1-48H. The molecule has 0 bridgehead atoms. The summed E-state index contributed by atoms with van der Waals surface area (Å²) < 4.78 is 9.45. The molecule has 0 fully saturated rings. The Hall–Kier alpha value is -10.9. The summed E-state index contributed by atoms with van der Waals surface area (Å²) in [5.41, 5.74) is 32.7. The Morgan fingerprint density at radius 2 is 0.667 bits per heavy atom. The zero-order valence-electron chi connectivity index (χ0n) is 45.5. The van der Waals surface area contributed by atoms with Gasteiger partial charge < -0.3 is 4.42 Å². The van der Waals surface area contributed by atoms with Crippen LogP contribution in [0.1, 0.15) is 44.5 Å². The smallest absolute Gasteiger partial charge is 0.145 e. The van der Waals surface area contributed by atoms with Crippen molar-refractivity contribution in [3.8, 4) is 95.0 Å². The average molecular weight is 1070 g/mol. The molecule has 19 rings (SSSR count). The molecule has 13 aromatic carbocycles. The summed E-state index contributed by atoms with van der Waals surface area (Å²) in [5, 5.41) is 2.16. The third-order valence-electron chi connectivity index (χ3n) is 19.3. The number of para-hydroxylation sites is 3. The van der Waals surface area contributed by atoms with Crippen LogP contribution in [0.25, 0.3) is 128 Å². The van der Waals surface area contributed by atoms with Gasteiger partial charge in [-0.1, -0.05) is 231 Å². The molecule has 3 heteroatoms. The maximum Gasteiger partial charge on any atom is 0.145 e. The predicted molar refractivity (Wildman–Crippen MR) is 343 cm³/mol. The van der Waals surface area contributed by atoms with Crippen molar-refractivity contribution < 1.29 is 4.42 Å². The summed E-state index contributed by atoms with van der Waals surface area (Å²) in [6.45, 7) is 0. The number of fused-ring (bicyclic) bond motifs is 24. The van der Waals surface area contributed by atoms with Gasteiger partial charge in [0.15, 0.2) is 0 Å². The highest BCUT2D eigenvalue weighted by Gasteiger charge is 2.53. The number of nitrogens with zero attached hydrogens (tertiary/aromatic N) is 2. The summed E-state index contributed by atoms with van der Waals surface area (Å²) in [7, 11) is 0. The number of furan rings is 1. The van der Waals surface area contributed by atoms with E-state index in [9.17, 15) is 0 Å². The second-order valence-electron chi connectivity index (χ2n) is 23.2. The highest BCUT2D eigenvalue weighted by Crippen LogP contribution is 2.65. The van der Waals surface area contributed by atoms with Gasteiger partial charge in [-0.05, 0) is 177 Å². The van der Waals surface area contributed by atoms with Crippen LogP contribution < -0.4 is 0 Å². The zero-order chi connectivity index (χ0) is 54.8. The van der Waals surface area contributed by atoms with Crippen molar-refractivity contribution in [2.75, 3.05) is 0 Å². The molecule has 388 valence electrons. The van der Waals surface area contributed by atoms with Gasteiger partial charge in [-0.2, -0.15) is 0 Å². The van der Waals surface area contributed by atoms with E-state index in [1.807, 2.05) is 0 Å². The van der Waals surface area contributed by atoms with Crippen LogP contribution in [-0.2, 0) is 10.8 Å². The molecule has 2 aromatic heterocycles. The van der Waals surface area contributed by atoms with Crippen molar-refractivity contribution in [2.24, 2.45) is 0 Å². The third kappa shape index (κ3) is 5.92. The van der Waals surface area contributed by atoms with Crippen LogP contribution in [0.4, 0.5) is 0 Å². The molecular formula is C81H48N2O. The van der Waals surface area contributed by atoms with E-state index in [0.717, 1.165) is 77.9 Å². The lowest BCUT2D eigenvalue weighted by Crippen LogP contribution is -2.25. The molecule has 0 radical (unpaired) electrons. The topological polar surface area (TPSA) is 31.0 Å². The first-order chi connectivity index (χ1) is 41.6. The van der Waals surface area contributed by atoms with Gasteiger partial charge in [-0.25, -0.2) is 4.98 Å².